The smallest absolute Gasteiger partial charge is 0.507 e. The molecule has 0 fully saturated rings. The Hall–Kier alpha value is -3.19. The zero-order valence-electron chi connectivity index (χ0n) is 14.7. The molecule has 7 heteroatoms. The number of aromatic nitrogens is 2. The van der Waals surface area contributed by atoms with Crippen molar-refractivity contribution in [3.05, 3.63) is 79.3 Å². The van der Waals surface area contributed by atoms with Crippen LogP contribution in [-0.4, -0.2) is 20.5 Å². The number of nitrogens with zero attached hydrogens (tertiary/aromatic N) is 2. The lowest BCUT2D eigenvalue weighted by Crippen LogP contribution is -2.75. The molecule has 1 atom stereocenters. The summed E-state index contributed by atoms with van der Waals surface area (Å²) in [4.78, 5) is 16.4. The Morgan fingerprint density at radius 3 is 2.63 bits per heavy atom. The molecule has 3 aromatic rings. The standard InChI is InChI=1S/C20H15N3O3S/c1-22-18-15(19(25)23(2)20(22)26)13(10-7-8-27-9-10)14-16(21-18)11-5-3-4-6-12(11)17(14)24/h3-9,13H,1-2H3,(H,21,24,25)/p+2. The van der Waals surface area contributed by atoms with Crippen molar-refractivity contribution in [2.24, 2.45) is 14.1 Å². The second kappa shape index (κ2) is 5.40. The Kier molecular flexibility index (Phi) is 3.21. The summed E-state index contributed by atoms with van der Waals surface area (Å²) in [5, 5.41) is 25.3. The van der Waals surface area contributed by atoms with Crippen LogP contribution in [-0.2, 0) is 14.1 Å². The highest BCUT2D eigenvalue weighted by Gasteiger charge is 2.47. The molecule has 3 heterocycles. The highest BCUT2D eigenvalue weighted by molar-refractivity contribution is 7.08. The molecular weight excluding hydrogens is 362 g/mol. The first kappa shape index (κ1) is 16.0. The molecule has 5 rings (SSSR count). The van der Waals surface area contributed by atoms with Gasteiger partial charge >= 0.3 is 17.4 Å². The fourth-order valence-electron chi connectivity index (χ4n) is 4.06. The Morgan fingerprint density at radius 2 is 1.93 bits per heavy atom. The van der Waals surface area contributed by atoms with E-state index in [1.165, 1.54) is 4.57 Å². The van der Waals surface area contributed by atoms with E-state index in [9.17, 15) is 15.0 Å². The lowest BCUT2D eigenvalue weighted by Gasteiger charge is -2.20. The van der Waals surface area contributed by atoms with Crippen LogP contribution in [0.25, 0.3) is 5.76 Å². The monoisotopic (exact) mass is 379 g/mol. The minimum Gasteiger partial charge on any atom is -0.507 e. The van der Waals surface area contributed by atoms with Crippen molar-refractivity contribution in [3.8, 4) is 6.01 Å². The second-order valence-electron chi connectivity index (χ2n) is 6.78. The fourth-order valence-corrected chi connectivity index (χ4v) is 4.74. The van der Waals surface area contributed by atoms with Gasteiger partial charge in [0.15, 0.2) is 11.3 Å². The van der Waals surface area contributed by atoms with Crippen LogP contribution in [0.1, 0.15) is 28.2 Å². The maximum Gasteiger partial charge on any atom is 0.519 e. The molecule has 1 unspecified atom stereocenters. The molecule has 6 nitrogen and oxygen atoms in total. The van der Waals surface area contributed by atoms with Gasteiger partial charge in [-0.2, -0.15) is 11.3 Å². The van der Waals surface area contributed by atoms with Crippen molar-refractivity contribution < 1.29 is 19.8 Å². The van der Waals surface area contributed by atoms with Gasteiger partial charge in [-0.1, -0.05) is 18.2 Å². The summed E-state index contributed by atoms with van der Waals surface area (Å²) in [5.41, 5.74) is 4.26. The first-order valence-electron chi connectivity index (χ1n) is 8.52. The van der Waals surface area contributed by atoms with Gasteiger partial charge < -0.3 is 10.2 Å². The highest BCUT2D eigenvalue weighted by atomic mass is 32.1. The van der Waals surface area contributed by atoms with Gasteiger partial charge in [0.1, 0.15) is 19.9 Å². The van der Waals surface area contributed by atoms with Crippen molar-refractivity contribution in [3.63, 3.8) is 0 Å². The Bertz CT molecular complexity index is 1240. The van der Waals surface area contributed by atoms with Crippen LogP contribution in [0.3, 0.4) is 0 Å². The van der Waals surface area contributed by atoms with Crippen LogP contribution in [0.15, 0.2) is 51.5 Å². The number of thiophene rings is 1. The molecular formula is C20H17N3O3S+2. The third-order valence-corrected chi connectivity index (χ3v) is 6.10. The highest BCUT2D eigenvalue weighted by Crippen LogP contribution is 2.43. The fraction of sp³-hybridized carbons (Fsp3) is 0.150. The van der Waals surface area contributed by atoms with Gasteiger partial charge in [0.05, 0.1) is 11.5 Å². The SMILES string of the molecule is Cn1c(O)[n+](C)c2c(c1=O)C(c1ccsc1)C1=C(O)c3ccccc3C1=[NH+]2. The number of hydrogen-bond acceptors (Lipinski definition) is 4. The van der Waals surface area contributed by atoms with Crippen LogP contribution >= 0.6 is 11.3 Å². The third kappa shape index (κ3) is 1.97. The van der Waals surface area contributed by atoms with Crippen LogP contribution in [0.5, 0.6) is 6.01 Å². The molecule has 1 aliphatic heterocycles. The van der Waals surface area contributed by atoms with Crippen LogP contribution in [0, 0.1) is 0 Å². The molecule has 2 aliphatic rings. The zero-order valence-corrected chi connectivity index (χ0v) is 15.5. The number of nitrogens with one attached hydrogen (secondary N) is 1. The van der Waals surface area contributed by atoms with E-state index in [0.29, 0.717) is 17.0 Å². The van der Waals surface area contributed by atoms with E-state index in [1.807, 2.05) is 41.1 Å². The number of allylic oxidation sites excluding steroid dienone is 1. The topological polar surface area (TPSA) is 80.3 Å². The number of aliphatic hydroxyl groups is 1. The summed E-state index contributed by atoms with van der Waals surface area (Å²) < 4.78 is 2.79. The maximum absolute atomic E-state index is 13.1. The van der Waals surface area contributed by atoms with Gasteiger partial charge in [-0.15, -0.1) is 9.13 Å². The Labute approximate surface area is 158 Å². The third-order valence-electron chi connectivity index (χ3n) is 5.40. The molecule has 0 saturated carbocycles. The largest absolute Gasteiger partial charge is 0.519 e. The zero-order chi connectivity index (χ0) is 18.9. The lowest BCUT2D eigenvalue weighted by molar-refractivity contribution is -0.723. The van der Waals surface area contributed by atoms with Crippen molar-refractivity contribution in [2.75, 3.05) is 0 Å². The summed E-state index contributed by atoms with van der Waals surface area (Å²) >= 11 is 1.55. The van der Waals surface area contributed by atoms with E-state index < -0.39 is 5.92 Å². The average Bonchev–Trinajstić information content (AvgIpc) is 3.31. The number of aromatic hydroxyl groups is 1. The minimum absolute atomic E-state index is 0.140. The summed E-state index contributed by atoms with van der Waals surface area (Å²) in [5.74, 6) is 0.309. The van der Waals surface area contributed by atoms with Crippen LogP contribution in [0.4, 0.5) is 5.82 Å². The normalized spacial score (nSPS) is 17.4. The quantitative estimate of drug-likeness (QED) is 0.542. The molecule has 27 heavy (non-hydrogen) atoms. The van der Waals surface area contributed by atoms with Gasteiger partial charge in [0, 0.05) is 11.1 Å². The van der Waals surface area contributed by atoms with Crippen molar-refractivity contribution in [1.82, 2.24) is 4.57 Å². The van der Waals surface area contributed by atoms with Gasteiger partial charge in [-0.25, -0.2) is 9.79 Å². The Morgan fingerprint density at radius 1 is 1.19 bits per heavy atom. The number of rotatable bonds is 1. The molecule has 0 radical (unpaired) electrons. The minimum atomic E-state index is -0.416. The number of aliphatic hydroxyl groups excluding tert-OH is 1. The molecule has 2 aromatic heterocycles. The summed E-state index contributed by atoms with van der Waals surface area (Å²) in [6, 6.07) is 9.44. The first-order chi connectivity index (χ1) is 13.0. The maximum atomic E-state index is 13.1. The summed E-state index contributed by atoms with van der Waals surface area (Å²) in [6.45, 7) is 0. The predicted molar refractivity (Wildman–Crippen MR) is 101 cm³/mol. The molecule has 3 N–H and O–H groups in total. The average molecular weight is 379 g/mol. The molecule has 0 spiro atoms. The van der Waals surface area contributed by atoms with Crippen molar-refractivity contribution in [2.45, 2.75) is 5.92 Å². The van der Waals surface area contributed by atoms with Gasteiger partial charge in [-0.05, 0) is 28.5 Å². The van der Waals surface area contributed by atoms with Gasteiger partial charge in [-0.3, -0.25) is 0 Å². The van der Waals surface area contributed by atoms with E-state index in [-0.39, 0.29) is 17.3 Å². The van der Waals surface area contributed by atoms with Gasteiger partial charge in [0.2, 0.25) is 0 Å². The number of benzene rings is 1. The van der Waals surface area contributed by atoms with E-state index in [2.05, 4.69) is 4.99 Å². The molecule has 0 saturated heterocycles. The molecule has 1 aliphatic carbocycles. The molecule has 0 amide bonds. The van der Waals surface area contributed by atoms with E-state index in [0.717, 1.165) is 22.4 Å². The summed E-state index contributed by atoms with van der Waals surface area (Å²) in [7, 11) is 3.25. The summed E-state index contributed by atoms with van der Waals surface area (Å²) in [6.07, 6.45) is 0. The van der Waals surface area contributed by atoms with Gasteiger partial charge in [0.25, 0.3) is 0 Å². The number of hydrogen-bond donors (Lipinski definition) is 3. The van der Waals surface area contributed by atoms with E-state index in [1.54, 1.807) is 30.0 Å². The number of fused-ring (bicyclic) bond motifs is 4. The lowest BCUT2D eigenvalue weighted by atomic mass is 9.82. The molecule has 134 valence electrons. The second-order valence-corrected chi connectivity index (χ2v) is 7.56. The van der Waals surface area contributed by atoms with E-state index in [4.69, 9.17) is 0 Å². The molecule has 0 bridgehead atoms. The van der Waals surface area contributed by atoms with E-state index >= 15 is 0 Å². The first-order valence-corrected chi connectivity index (χ1v) is 9.46. The van der Waals surface area contributed by atoms with Crippen molar-refractivity contribution in [1.29, 1.82) is 0 Å². The molecule has 1 aromatic carbocycles. The van der Waals surface area contributed by atoms with Crippen LogP contribution in [0.2, 0.25) is 0 Å². The van der Waals surface area contributed by atoms with Crippen LogP contribution < -0.4 is 15.1 Å². The van der Waals surface area contributed by atoms with Crippen molar-refractivity contribution >= 4 is 28.6 Å². The predicted octanol–water partition coefficient (Wildman–Crippen LogP) is 0.607. The Balaban J connectivity index is 1.95.